The highest BCUT2D eigenvalue weighted by molar-refractivity contribution is 6.35. The third-order valence-electron chi connectivity index (χ3n) is 3.45. The predicted octanol–water partition coefficient (Wildman–Crippen LogP) is 4.34. The minimum absolute atomic E-state index is 0.221. The predicted molar refractivity (Wildman–Crippen MR) is 97.6 cm³/mol. The van der Waals surface area contributed by atoms with Crippen molar-refractivity contribution >= 4 is 40.7 Å². The van der Waals surface area contributed by atoms with Crippen molar-refractivity contribution in [3.8, 4) is 6.07 Å². The quantitative estimate of drug-likeness (QED) is 0.815. The van der Waals surface area contributed by atoms with Gasteiger partial charge in [0.15, 0.2) is 0 Å². The average molecular weight is 376 g/mol. The molecule has 0 saturated heterocycles. The number of carbonyl (C=O) groups excluding carboxylic acids is 2. The van der Waals surface area contributed by atoms with Crippen LogP contribution in [0.5, 0.6) is 0 Å². The summed E-state index contributed by atoms with van der Waals surface area (Å²) in [5, 5.41) is 14.9. The number of benzene rings is 2. The fourth-order valence-electron chi connectivity index (χ4n) is 2.19. The van der Waals surface area contributed by atoms with Gasteiger partial charge in [-0.15, -0.1) is 0 Å². The number of amides is 2. The molecule has 2 N–H and O–H groups in total. The maximum Gasteiger partial charge on any atom is 0.251 e. The molecule has 0 aliphatic rings. The first kappa shape index (κ1) is 18.8. The number of hydrogen-bond donors (Lipinski definition) is 2. The maximum atomic E-state index is 12.3. The summed E-state index contributed by atoms with van der Waals surface area (Å²) in [6, 6.07) is 13.0. The van der Waals surface area contributed by atoms with Crippen LogP contribution >= 0.6 is 23.2 Å². The zero-order valence-corrected chi connectivity index (χ0v) is 14.9. The van der Waals surface area contributed by atoms with Crippen molar-refractivity contribution in [2.75, 3.05) is 5.32 Å². The lowest BCUT2D eigenvalue weighted by molar-refractivity contribution is -0.115. The minimum atomic E-state index is -0.397. The van der Waals surface area contributed by atoms with E-state index in [1.165, 1.54) is 0 Å². The molecule has 0 aliphatic heterocycles. The Morgan fingerprint density at radius 2 is 1.84 bits per heavy atom. The van der Waals surface area contributed by atoms with E-state index in [-0.39, 0.29) is 18.4 Å². The summed E-state index contributed by atoms with van der Waals surface area (Å²) < 4.78 is 0. The van der Waals surface area contributed by atoms with Crippen molar-refractivity contribution < 1.29 is 9.59 Å². The number of halogens is 2. The lowest BCUT2D eigenvalue weighted by Gasteiger charge is -2.16. The second kappa shape index (κ2) is 8.52. The number of nitriles is 1. The summed E-state index contributed by atoms with van der Waals surface area (Å²) in [7, 11) is 0. The van der Waals surface area contributed by atoms with Crippen molar-refractivity contribution in [1.29, 1.82) is 5.26 Å². The lowest BCUT2D eigenvalue weighted by Crippen LogP contribution is -2.26. The molecule has 7 heteroatoms. The van der Waals surface area contributed by atoms with Gasteiger partial charge in [0.2, 0.25) is 5.91 Å². The van der Waals surface area contributed by atoms with E-state index in [4.69, 9.17) is 28.5 Å². The molecule has 25 heavy (non-hydrogen) atoms. The molecule has 0 aromatic heterocycles. The van der Waals surface area contributed by atoms with Crippen molar-refractivity contribution in [1.82, 2.24) is 5.32 Å². The molecular weight excluding hydrogens is 361 g/mol. The number of nitrogens with one attached hydrogen (secondary N) is 2. The van der Waals surface area contributed by atoms with Crippen molar-refractivity contribution in [2.24, 2.45) is 0 Å². The molecule has 0 unspecified atom stereocenters. The van der Waals surface area contributed by atoms with E-state index in [0.717, 1.165) is 5.56 Å². The monoisotopic (exact) mass is 375 g/mol. The van der Waals surface area contributed by atoms with E-state index in [0.29, 0.717) is 21.3 Å². The van der Waals surface area contributed by atoms with Gasteiger partial charge in [0.25, 0.3) is 5.91 Å². The Labute approximate surface area is 155 Å². The van der Waals surface area contributed by atoms with E-state index in [2.05, 4.69) is 10.6 Å². The highest BCUT2D eigenvalue weighted by atomic mass is 35.5. The molecule has 0 saturated carbocycles. The molecule has 0 bridgehead atoms. The number of carbonyl (C=O) groups is 2. The smallest absolute Gasteiger partial charge is 0.251 e. The summed E-state index contributed by atoms with van der Waals surface area (Å²) in [5.41, 5.74) is 1.72. The van der Waals surface area contributed by atoms with Gasteiger partial charge in [-0.25, -0.2) is 0 Å². The molecule has 1 atom stereocenters. The van der Waals surface area contributed by atoms with Crippen LogP contribution in [0.25, 0.3) is 0 Å². The molecule has 5 nitrogen and oxygen atoms in total. The van der Waals surface area contributed by atoms with E-state index in [9.17, 15) is 9.59 Å². The van der Waals surface area contributed by atoms with Gasteiger partial charge in [-0.2, -0.15) is 5.26 Å². The molecule has 0 radical (unpaired) electrons. The van der Waals surface area contributed by atoms with Crippen LogP contribution in [0.3, 0.4) is 0 Å². The summed E-state index contributed by atoms with van der Waals surface area (Å²) in [5.74, 6) is -0.667. The van der Waals surface area contributed by atoms with E-state index in [1.807, 2.05) is 6.92 Å². The topological polar surface area (TPSA) is 82.0 Å². The zero-order chi connectivity index (χ0) is 18.4. The van der Waals surface area contributed by atoms with Crippen LogP contribution in [0.1, 0.15) is 35.3 Å². The largest absolute Gasteiger partial charge is 0.345 e. The molecular formula is C18H15Cl2N3O2. The molecule has 2 rings (SSSR count). The van der Waals surface area contributed by atoms with Crippen LogP contribution < -0.4 is 10.6 Å². The Morgan fingerprint density at radius 1 is 1.16 bits per heavy atom. The first-order valence-corrected chi connectivity index (χ1v) is 8.19. The number of rotatable bonds is 5. The second-order valence-electron chi connectivity index (χ2n) is 5.32. The Bertz CT molecular complexity index is 829. The van der Waals surface area contributed by atoms with Crippen LogP contribution in [-0.4, -0.2) is 11.8 Å². The van der Waals surface area contributed by atoms with Gasteiger partial charge in [-0.1, -0.05) is 29.3 Å². The van der Waals surface area contributed by atoms with Crippen molar-refractivity contribution in [3.05, 3.63) is 63.6 Å². The molecule has 2 aromatic rings. The third kappa shape index (κ3) is 5.21. The van der Waals surface area contributed by atoms with Crippen molar-refractivity contribution in [3.63, 3.8) is 0 Å². The van der Waals surface area contributed by atoms with Crippen LogP contribution in [0.4, 0.5) is 5.69 Å². The van der Waals surface area contributed by atoms with Gasteiger partial charge in [0, 0.05) is 21.3 Å². The molecule has 0 fully saturated rings. The van der Waals surface area contributed by atoms with E-state index >= 15 is 0 Å². The number of nitrogens with zero attached hydrogens (tertiary/aromatic N) is 1. The lowest BCUT2D eigenvalue weighted by atomic mass is 10.1. The number of hydrogen-bond acceptors (Lipinski definition) is 3. The Morgan fingerprint density at radius 3 is 2.44 bits per heavy atom. The van der Waals surface area contributed by atoms with Crippen LogP contribution in [-0.2, 0) is 4.79 Å². The van der Waals surface area contributed by atoms with Gasteiger partial charge < -0.3 is 10.6 Å². The summed E-state index contributed by atoms with van der Waals surface area (Å²) in [6.07, 6.45) is -0.221. The molecule has 0 heterocycles. The zero-order valence-electron chi connectivity index (χ0n) is 13.3. The Hall–Kier alpha value is -2.55. The minimum Gasteiger partial charge on any atom is -0.345 e. The van der Waals surface area contributed by atoms with Gasteiger partial charge >= 0.3 is 0 Å². The first-order chi connectivity index (χ1) is 11.9. The SMILES string of the molecule is C[C@H](NC(=O)c1ccc(NC(=O)CC#N)cc1)c1ccc(Cl)cc1Cl. The fraction of sp³-hybridized carbons (Fsp3) is 0.167. The first-order valence-electron chi connectivity index (χ1n) is 7.43. The standard InChI is InChI=1S/C18H15Cl2N3O2/c1-11(15-7-4-13(19)10-16(15)20)22-18(25)12-2-5-14(6-3-12)23-17(24)8-9-21/h2-7,10-11H,8H2,1H3,(H,22,25)(H,23,24)/t11-/m0/s1. The highest BCUT2D eigenvalue weighted by Crippen LogP contribution is 2.26. The normalized spacial score (nSPS) is 11.3. The molecule has 128 valence electrons. The van der Waals surface area contributed by atoms with Gasteiger partial charge in [0.1, 0.15) is 6.42 Å². The summed E-state index contributed by atoms with van der Waals surface area (Å²) in [6.45, 7) is 1.82. The second-order valence-corrected chi connectivity index (χ2v) is 6.17. The highest BCUT2D eigenvalue weighted by Gasteiger charge is 2.14. The Kier molecular flexibility index (Phi) is 6.40. The van der Waals surface area contributed by atoms with Crippen LogP contribution in [0.15, 0.2) is 42.5 Å². The molecule has 2 amide bonds. The van der Waals surface area contributed by atoms with Crippen LogP contribution in [0, 0.1) is 11.3 Å². The number of anilines is 1. The maximum absolute atomic E-state index is 12.3. The molecule has 2 aromatic carbocycles. The Balaban J connectivity index is 2.03. The summed E-state index contributed by atoms with van der Waals surface area (Å²) in [4.78, 5) is 23.7. The van der Waals surface area contributed by atoms with E-state index < -0.39 is 5.91 Å². The fourth-order valence-corrected chi connectivity index (χ4v) is 2.76. The van der Waals surface area contributed by atoms with Crippen LogP contribution in [0.2, 0.25) is 10.0 Å². The average Bonchev–Trinajstić information content (AvgIpc) is 2.55. The van der Waals surface area contributed by atoms with Gasteiger partial charge in [-0.05, 0) is 48.9 Å². The van der Waals surface area contributed by atoms with Gasteiger partial charge in [0.05, 0.1) is 12.1 Å². The summed E-state index contributed by atoms with van der Waals surface area (Å²) >= 11 is 12.0. The molecule has 0 aliphatic carbocycles. The van der Waals surface area contributed by atoms with E-state index in [1.54, 1.807) is 48.5 Å². The third-order valence-corrected chi connectivity index (χ3v) is 4.01. The van der Waals surface area contributed by atoms with Crippen molar-refractivity contribution in [2.45, 2.75) is 19.4 Å². The van der Waals surface area contributed by atoms with Gasteiger partial charge in [-0.3, -0.25) is 9.59 Å². The molecule has 0 spiro atoms.